The molecule has 0 atom stereocenters. The Morgan fingerprint density at radius 1 is 1.12 bits per heavy atom. The number of rotatable bonds is 6. The van der Waals surface area contributed by atoms with E-state index >= 15 is 0 Å². The quantitative estimate of drug-likeness (QED) is 0.205. The van der Waals surface area contributed by atoms with E-state index in [-0.39, 0.29) is 23.0 Å². The number of nitrogens with zero attached hydrogens (tertiary/aromatic N) is 3. The predicted molar refractivity (Wildman–Crippen MR) is 127 cm³/mol. The average molecular weight is 445 g/mol. The van der Waals surface area contributed by atoms with Crippen LogP contribution in [0.15, 0.2) is 87.8 Å². The average Bonchev–Trinajstić information content (AvgIpc) is 2.79. The van der Waals surface area contributed by atoms with Gasteiger partial charge in [0.1, 0.15) is 5.75 Å². The number of aromatic hydroxyl groups is 1. The number of benzene rings is 3. The number of carbonyl (C=O) groups is 1. The van der Waals surface area contributed by atoms with Crippen LogP contribution in [0.1, 0.15) is 11.1 Å². The fourth-order valence-electron chi connectivity index (χ4n) is 3.08. The minimum atomic E-state index is -0.343. The fraction of sp³-hybridized carbons (Fsp3) is 0.0833. The van der Waals surface area contributed by atoms with Crippen molar-refractivity contribution in [2.75, 3.05) is 5.75 Å². The van der Waals surface area contributed by atoms with Crippen molar-refractivity contribution >= 4 is 34.8 Å². The molecule has 1 heterocycles. The second-order valence-corrected chi connectivity index (χ2v) is 8.01. The lowest BCUT2D eigenvalue weighted by Crippen LogP contribution is -2.24. The second kappa shape index (κ2) is 9.49. The number of amides is 1. The van der Waals surface area contributed by atoms with E-state index in [2.05, 4.69) is 15.5 Å². The number of fused-ring (bicyclic) bond motifs is 1. The molecule has 3 aromatic carbocycles. The van der Waals surface area contributed by atoms with Gasteiger partial charge in [-0.1, -0.05) is 53.7 Å². The third-order valence-corrected chi connectivity index (χ3v) is 5.58. The van der Waals surface area contributed by atoms with Crippen LogP contribution in [0, 0.1) is 6.92 Å². The van der Waals surface area contributed by atoms with Crippen LogP contribution in [0.2, 0.25) is 0 Å². The summed E-state index contributed by atoms with van der Waals surface area (Å²) in [7, 11) is 0. The minimum Gasteiger partial charge on any atom is -0.508 e. The van der Waals surface area contributed by atoms with Gasteiger partial charge in [0.25, 0.3) is 11.5 Å². The number of hydrogen-bond acceptors (Lipinski definition) is 6. The maximum atomic E-state index is 13.2. The van der Waals surface area contributed by atoms with E-state index in [1.54, 1.807) is 36.4 Å². The first kappa shape index (κ1) is 21.3. The largest absolute Gasteiger partial charge is 0.508 e. The number of aryl methyl sites for hydroxylation is 1. The van der Waals surface area contributed by atoms with Crippen LogP contribution in [-0.4, -0.2) is 32.5 Å². The summed E-state index contributed by atoms with van der Waals surface area (Å²) in [5.41, 5.74) is 5.25. The zero-order chi connectivity index (χ0) is 22.5. The molecule has 0 saturated heterocycles. The number of hydrazone groups is 1. The Morgan fingerprint density at radius 2 is 1.91 bits per heavy atom. The van der Waals surface area contributed by atoms with Crippen molar-refractivity contribution in [2.24, 2.45) is 5.10 Å². The van der Waals surface area contributed by atoms with E-state index in [9.17, 15) is 14.7 Å². The van der Waals surface area contributed by atoms with Crippen molar-refractivity contribution in [3.63, 3.8) is 0 Å². The highest BCUT2D eigenvalue weighted by Gasteiger charge is 2.14. The van der Waals surface area contributed by atoms with Crippen molar-refractivity contribution in [1.29, 1.82) is 0 Å². The summed E-state index contributed by atoms with van der Waals surface area (Å²) in [6.07, 6.45) is 1.44. The SMILES string of the molecule is Cc1ccc(-n2c(SCC(=O)NN=Cc3cccc(O)c3)nc3ccccc3c2=O)cc1. The first-order chi connectivity index (χ1) is 15.5. The van der Waals surface area contributed by atoms with Gasteiger partial charge in [0.15, 0.2) is 5.16 Å². The number of phenolic OH excluding ortho intramolecular Hbond substituents is 1. The van der Waals surface area contributed by atoms with Crippen LogP contribution in [0.5, 0.6) is 5.75 Å². The number of para-hydroxylation sites is 1. The molecule has 7 nitrogen and oxygen atoms in total. The Balaban J connectivity index is 1.56. The minimum absolute atomic E-state index is 0.0218. The van der Waals surface area contributed by atoms with Gasteiger partial charge in [0.2, 0.25) is 0 Å². The summed E-state index contributed by atoms with van der Waals surface area (Å²) in [4.78, 5) is 30.1. The van der Waals surface area contributed by atoms with E-state index in [1.807, 2.05) is 37.3 Å². The molecule has 0 radical (unpaired) electrons. The Labute approximate surface area is 188 Å². The first-order valence-corrected chi connectivity index (χ1v) is 10.8. The topological polar surface area (TPSA) is 96.6 Å². The third kappa shape index (κ3) is 4.87. The highest BCUT2D eigenvalue weighted by atomic mass is 32.2. The van der Waals surface area contributed by atoms with Gasteiger partial charge in [-0.05, 0) is 48.9 Å². The number of nitrogens with one attached hydrogen (secondary N) is 1. The lowest BCUT2D eigenvalue weighted by molar-refractivity contribution is -0.118. The van der Waals surface area contributed by atoms with E-state index in [0.29, 0.717) is 27.3 Å². The van der Waals surface area contributed by atoms with Crippen LogP contribution in [0.3, 0.4) is 0 Å². The number of aromatic nitrogens is 2. The van der Waals surface area contributed by atoms with Gasteiger partial charge in [0, 0.05) is 0 Å². The molecule has 32 heavy (non-hydrogen) atoms. The maximum absolute atomic E-state index is 13.2. The Hall–Kier alpha value is -3.91. The highest BCUT2D eigenvalue weighted by Crippen LogP contribution is 2.21. The molecule has 2 N–H and O–H groups in total. The lowest BCUT2D eigenvalue weighted by Gasteiger charge is -2.13. The molecule has 4 aromatic rings. The lowest BCUT2D eigenvalue weighted by atomic mass is 10.2. The van der Waals surface area contributed by atoms with Crippen LogP contribution in [-0.2, 0) is 4.79 Å². The molecule has 0 bridgehead atoms. The maximum Gasteiger partial charge on any atom is 0.266 e. The van der Waals surface area contributed by atoms with Crippen molar-refractivity contribution in [1.82, 2.24) is 15.0 Å². The third-order valence-electron chi connectivity index (χ3n) is 4.64. The van der Waals surface area contributed by atoms with Gasteiger partial charge in [-0.25, -0.2) is 10.4 Å². The van der Waals surface area contributed by atoms with Crippen LogP contribution in [0.4, 0.5) is 0 Å². The molecular formula is C24H20N4O3S. The molecule has 1 aromatic heterocycles. The van der Waals surface area contributed by atoms with Crippen LogP contribution in [0.25, 0.3) is 16.6 Å². The number of hydrogen-bond donors (Lipinski definition) is 2. The fourth-order valence-corrected chi connectivity index (χ4v) is 3.88. The summed E-state index contributed by atoms with van der Waals surface area (Å²) in [5.74, 6) is -0.204. The van der Waals surface area contributed by atoms with Gasteiger partial charge < -0.3 is 5.11 Å². The van der Waals surface area contributed by atoms with Gasteiger partial charge in [-0.15, -0.1) is 0 Å². The number of thioether (sulfide) groups is 1. The monoisotopic (exact) mass is 444 g/mol. The molecule has 0 aliphatic heterocycles. The van der Waals surface area contributed by atoms with E-state index in [1.165, 1.54) is 16.8 Å². The number of phenols is 1. The zero-order valence-corrected chi connectivity index (χ0v) is 18.0. The summed E-state index contributed by atoms with van der Waals surface area (Å²) in [5, 5.41) is 14.3. The van der Waals surface area contributed by atoms with Crippen molar-refractivity contribution in [3.05, 3.63) is 94.3 Å². The molecule has 0 saturated carbocycles. The Bertz CT molecular complexity index is 1360. The predicted octanol–water partition coefficient (Wildman–Crippen LogP) is 3.64. The van der Waals surface area contributed by atoms with E-state index in [0.717, 1.165) is 17.3 Å². The smallest absolute Gasteiger partial charge is 0.266 e. The molecule has 4 rings (SSSR count). The summed E-state index contributed by atoms with van der Waals surface area (Å²) in [6, 6.07) is 21.2. The summed E-state index contributed by atoms with van der Waals surface area (Å²) < 4.78 is 1.52. The van der Waals surface area contributed by atoms with Crippen molar-refractivity contribution < 1.29 is 9.90 Å². The van der Waals surface area contributed by atoms with E-state index < -0.39 is 0 Å². The number of carbonyl (C=O) groups excluding carboxylic acids is 1. The van der Waals surface area contributed by atoms with Gasteiger partial charge in [0.05, 0.1) is 28.6 Å². The normalized spacial score (nSPS) is 11.2. The molecule has 0 spiro atoms. The first-order valence-electron chi connectivity index (χ1n) is 9.84. The highest BCUT2D eigenvalue weighted by molar-refractivity contribution is 7.99. The standard InChI is InChI=1S/C24H20N4O3S/c1-16-9-11-18(12-10-16)28-23(31)20-7-2-3-8-21(20)26-24(28)32-15-22(30)27-25-14-17-5-4-6-19(29)13-17/h2-14,29H,15H2,1H3,(H,27,30). The van der Waals surface area contributed by atoms with Crippen LogP contribution >= 0.6 is 11.8 Å². The van der Waals surface area contributed by atoms with Crippen LogP contribution < -0.4 is 11.0 Å². The van der Waals surface area contributed by atoms with Gasteiger partial charge in [-0.3, -0.25) is 14.2 Å². The summed E-state index contributed by atoms with van der Waals surface area (Å²) >= 11 is 1.16. The van der Waals surface area contributed by atoms with Crippen molar-refractivity contribution in [3.8, 4) is 11.4 Å². The molecule has 0 aliphatic carbocycles. The molecule has 0 aliphatic rings. The molecule has 160 valence electrons. The summed E-state index contributed by atoms with van der Waals surface area (Å²) in [6.45, 7) is 1.97. The molecule has 8 heteroatoms. The second-order valence-electron chi connectivity index (χ2n) is 7.06. The van der Waals surface area contributed by atoms with Crippen molar-refractivity contribution in [2.45, 2.75) is 12.1 Å². The molecule has 0 unspecified atom stereocenters. The zero-order valence-electron chi connectivity index (χ0n) is 17.2. The molecule has 1 amide bonds. The van der Waals surface area contributed by atoms with E-state index in [4.69, 9.17) is 0 Å². The van der Waals surface area contributed by atoms with Gasteiger partial charge >= 0.3 is 0 Å². The molecule has 0 fully saturated rings. The molecular weight excluding hydrogens is 424 g/mol. The Kier molecular flexibility index (Phi) is 6.32. The Morgan fingerprint density at radius 3 is 2.69 bits per heavy atom. The van der Waals surface area contributed by atoms with Gasteiger partial charge in [-0.2, -0.15) is 5.10 Å².